The van der Waals surface area contributed by atoms with Gasteiger partial charge in [0.25, 0.3) is 5.91 Å². The zero-order valence-electron chi connectivity index (χ0n) is 19.9. The minimum atomic E-state index is -1.43. The van der Waals surface area contributed by atoms with E-state index in [1.54, 1.807) is 13.8 Å². The van der Waals surface area contributed by atoms with Gasteiger partial charge in [-0.05, 0) is 43.7 Å². The number of fused-ring (bicyclic) bond motifs is 1. The van der Waals surface area contributed by atoms with Crippen LogP contribution in [-0.2, 0) is 25.7 Å². The molecule has 0 aromatic heterocycles. The van der Waals surface area contributed by atoms with Crippen LogP contribution in [0.4, 0.5) is 4.39 Å². The van der Waals surface area contributed by atoms with Crippen molar-refractivity contribution in [2.75, 3.05) is 20.2 Å². The number of nitrogens with one attached hydrogen (secondary N) is 1. The van der Waals surface area contributed by atoms with Gasteiger partial charge in [-0.15, -0.1) is 0 Å². The number of carbonyl (C=O) groups is 4. The Bertz CT molecular complexity index is 1140. The molecule has 8 nitrogen and oxygen atoms in total. The largest absolute Gasteiger partial charge is 0.468 e. The molecule has 1 N–H and O–H groups in total. The van der Waals surface area contributed by atoms with Crippen LogP contribution < -0.4 is 5.32 Å². The summed E-state index contributed by atoms with van der Waals surface area (Å²) in [7, 11) is 1.23. The quantitative estimate of drug-likeness (QED) is 0.480. The van der Waals surface area contributed by atoms with E-state index in [9.17, 15) is 23.6 Å². The molecule has 2 aromatic carbocycles. The van der Waals surface area contributed by atoms with E-state index in [4.69, 9.17) is 4.74 Å². The number of esters is 1. The molecule has 0 bridgehead atoms. The minimum absolute atomic E-state index is 0.0820. The molecule has 0 aliphatic carbocycles. The van der Waals surface area contributed by atoms with Crippen molar-refractivity contribution in [3.05, 3.63) is 71.5 Å². The third kappa shape index (κ3) is 4.32. The van der Waals surface area contributed by atoms with Crippen LogP contribution in [-0.4, -0.2) is 65.3 Å². The number of hydrogen-bond donors (Lipinski definition) is 1. The highest BCUT2D eigenvalue weighted by molar-refractivity contribution is 6.09. The van der Waals surface area contributed by atoms with Crippen LogP contribution in [0.3, 0.4) is 0 Å². The zero-order valence-corrected chi connectivity index (χ0v) is 19.9. The first-order valence-corrected chi connectivity index (χ1v) is 11.5. The standard InChI is InChI=1S/C26H28FN3O5/c1-4-29(22(31)17-10-12-18(27)13-11-17)15-19-20-21(26(2,28-19)25(34)35-3)24(33)30(23(20)32)14-16-8-6-5-7-9-16/h5-13,19-21,28H,4,14-15H2,1-3H3/t19-,20+,21-,26-/m1/s1. The molecule has 4 rings (SSSR count). The van der Waals surface area contributed by atoms with Crippen molar-refractivity contribution in [2.24, 2.45) is 11.8 Å². The molecule has 0 unspecified atom stereocenters. The number of methoxy groups -OCH3 is 1. The molecule has 2 saturated heterocycles. The summed E-state index contributed by atoms with van der Waals surface area (Å²) < 4.78 is 18.3. The Morgan fingerprint density at radius 2 is 1.74 bits per heavy atom. The van der Waals surface area contributed by atoms with Crippen LogP contribution in [0, 0.1) is 17.7 Å². The van der Waals surface area contributed by atoms with E-state index in [2.05, 4.69) is 5.32 Å². The van der Waals surface area contributed by atoms with Gasteiger partial charge < -0.3 is 9.64 Å². The molecule has 35 heavy (non-hydrogen) atoms. The summed E-state index contributed by atoms with van der Waals surface area (Å²) in [5.74, 6) is -4.08. The maximum atomic E-state index is 13.5. The van der Waals surface area contributed by atoms with Crippen LogP contribution in [0.2, 0.25) is 0 Å². The fraction of sp³-hybridized carbons (Fsp3) is 0.385. The number of rotatable bonds is 7. The molecule has 2 aliphatic heterocycles. The summed E-state index contributed by atoms with van der Waals surface area (Å²) in [5.41, 5.74) is -0.334. The number of imide groups is 1. The fourth-order valence-corrected chi connectivity index (χ4v) is 5.17. The number of likely N-dealkylation sites (tertiary alicyclic amines) is 1. The predicted octanol–water partition coefficient (Wildman–Crippen LogP) is 1.99. The summed E-state index contributed by atoms with van der Waals surface area (Å²) >= 11 is 0. The highest BCUT2D eigenvalue weighted by atomic mass is 19.1. The van der Waals surface area contributed by atoms with Gasteiger partial charge in [-0.3, -0.25) is 29.4 Å². The zero-order chi connectivity index (χ0) is 25.3. The lowest BCUT2D eigenvalue weighted by atomic mass is 9.81. The van der Waals surface area contributed by atoms with Crippen molar-refractivity contribution in [3.63, 3.8) is 0 Å². The molecule has 0 spiro atoms. The van der Waals surface area contributed by atoms with Crippen LogP contribution >= 0.6 is 0 Å². The van der Waals surface area contributed by atoms with Gasteiger partial charge in [0.1, 0.15) is 11.4 Å². The molecule has 2 aromatic rings. The Morgan fingerprint density at radius 3 is 2.34 bits per heavy atom. The van der Waals surface area contributed by atoms with Crippen molar-refractivity contribution >= 4 is 23.7 Å². The summed E-state index contributed by atoms with van der Waals surface area (Å²) in [4.78, 5) is 55.6. The van der Waals surface area contributed by atoms with Gasteiger partial charge >= 0.3 is 5.97 Å². The Labute approximate surface area is 203 Å². The maximum Gasteiger partial charge on any atom is 0.326 e. The van der Waals surface area contributed by atoms with Crippen LogP contribution in [0.1, 0.15) is 29.8 Å². The van der Waals surface area contributed by atoms with Crippen molar-refractivity contribution in [3.8, 4) is 0 Å². The third-order valence-electron chi connectivity index (χ3n) is 6.95. The highest BCUT2D eigenvalue weighted by Crippen LogP contribution is 2.44. The predicted molar refractivity (Wildman–Crippen MR) is 124 cm³/mol. The normalized spacial score (nSPS) is 25.5. The monoisotopic (exact) mass is 481 g/mol. The van der Waals surface area contributed by atoms with E-state index in [0.29, 0.717) is 12.1 Å². The van der Waals surface area contributed by atoms with Gasteiger partial charge in [0.2, 0.25) is 11.8 Å². The number of carbonyl (C=O) groups excluding carboxylic acids is 4. The lowest BCUT2D eigenvalue weighted by Gasteiger charge is -2.30. The van der Waals surface area contributed by atoms with E-state index in [0.717, 1.165) is 5.56 Å². The summed E-state index contributed by atoms with van der Waals surface area (Å²) in [6, 6.07) is 13.7. The molecule has 2 heterocycles. The number of likely N-dealkylation sites (N-methyl/N-ethyl adjacent to an activating group) is 1. The SMILES string of the molecule is CCN(C[C@H]1N[C@@](C)(C(=O)OC)[C@H]2C(=O)N(Cc3ccccc3)C(=O)[C@@H]12)C(=O)c1ccc(F)cc1. The van der Waals surface area contributed by atoms with Crippen molar-refractivity contribution in [2.45, 2.75) is 32.0 Å². The van der Waals surface area contributed by atoms with Gasteiger partial charge in [-0.25, -0.2) is 4.39 Å². The molecule has 4 atom stereocenters. The van der Waals surface area contributed by atoms with E-state index in [-0.39, 0.29) is 24.9 Å². The highest BCUT2D eigenvalue weighted by Gasteiger charge is 2.66. The van der Waals surface area contributed by atoms with E-state index < -0.39 is 41.1 Å². The summed E-state index contributed by atoms with van der Waals surface area (Å²) in [6.07, 6.45) is 0. The topological polar surface area (TPSA) is 96.0 Å². The van der Waals surface area contributed by atoms with Crippen LogP contribution in [0.15, 0.2) is 54.6 Å². The second kappa shape index (κ2) is 9.58. The Hall–Kier alpha value is -3.59. The first kappa shape index (κ1) is 24.5. The lowest BCUT2D eigenvalue weighted by molar-refractivity contribution is -0.153. The average Bonchev–Trinajstić information content (AvgIpc) is 3.30. The summed E-state index contributed by atoms with van der Waals surface area (Å²) in [5, 5.41) is 3.15. The molecule has 2 aliphatic rings. The van der Waals surface area contributed by atoms with Gasteiger partial charge in [-0.1, -0.05) is 30.3 Å². The number of benzene rings is 2. The smallest absolute Gasteiger partial charge is 0.326 e. The fourth-order valence-electron chi connectivity index (χ4n) is 5.17. The molecule has 2 fully saturated rings. The minimum Gasteiger partial charge on any atom is -0.468 e. The van der Waals surface area contributed by atoms with Crippen LogP contribution in [0.5, 0.6) is 0 Å². The third-order valence-corrected chi connectivity index (χ3v) is 6.95. The van der Waals surface area contributed by atoms with Crippen molar-refractivity contribution in [1.29, 1.82) is 0 Å². The number of ether oxygens (including phenoxy) is 1. The summed E-state index contributed by atoms with van der Waals surface area (Å²) in [6.45, 7) is 3.85. The van der Waals surface area contributed by atoms with E-state index in [1.165, 1.54) is 41.2 Å². The van der Waals surface area contributed by atoms with Gasteiger partial charge in [0.15, 0.2) is 0 Å². The molecule has 0 radical (unpaired) electrons. The second-order valence-electron chi connectivity index (χ2n) is 9.05. The van der Waals surface area contributed by atoms with E-state index >= 15 is 0 Å². The van der Waals surface area contributed by atoms with Gasteiger partial charge in [0, 0.05) is 24.7 Å². The molecule has 3 amide bonds. The molecule has 9 heteroatoms. The lowest BCUT2D eigenvalue weighted by Crippen LogP contribution is -2.56. The molecular formula is C26H28FN3O5. The number of nitrogens with zero attached hydrogens (tertiary/aromatic N) is 2. The van der Waals surface area contributed by atoms with Gasteiger partial charge in [0.05, 0.1) is 25.5 Å². The molecular weight excluding hydrogens is 453 g/mol. The van der Waals surface area contributed by atoms with E-state index in [1.807, 2.05) is 30.3 Å². The first-order chi connectivity index (χ1) is 16.7. The second-order valence-corrected chi connectivity index (χ2v) is 9.05. The molecule has 184 valence electrons. The van der Waals surface area contributed by atoms with Crippen LogP contribution in [0.25, 0.3) is 0 Å². The first-order valence-electron chi connectivity index (χ1n) is 11.5. The Kier molecular flexibility index (Phi) is 6.71. The number of halogens is 1. The van der Waals surface area contributed by atoms with Crippen molar-refractivity contribution < 1.29 is 28.3 Å². The average molecular weight is 482 g/mol. The number of hydrogen-bond acceptors (Lipinski definition) is 6. The van der Waals surface area contributed by atoms with Crippen molar-refractivity contribution in [1.82, 2.24) is 15.1 Å². The number of amides is 3. The Balaban J connectivity index is 1.64. The Morgan fingerprint density at radius 1 is 1.09 bits per heavy atom. The maximum absolute atomic E-state index is 13.5. The van der Waals surface area contributed by atoms with Gasteiger partial charge in [-0.2, -0.15) is 0 Å². The molecule has 0 saturated carbocycles.